The molecule has 0 radical (unpaired) electrons. The molecule has 1 saturated carbocycles. The normalized spacial score (nSPS) is 24.0. The predicted molar refractivity (Wildman–Crippen MR) is 73.6 cm³/mol. The summed E-state index contributed by atoms with van der Waals surface area (Å²) in [6.45, 7) is 4.07. The molecule has 7 nitrogen and oxygen atoms in total. The first kappa shape index (κ1) is 15.6. The molecule has 21 heavy (non-hydrogen) atoms. The van der Waals surface area contributed by atoms with E-state index in [4.69, 9.17) is 0 Å². The fraction of sp³-hybridized carbons (Fsp3) is 0.786. The monoisotopic (exact) mass is 298 g/mol. The highest BCUT2D eigenvalue weighted by molar-refractivity contribution is 5.90. The number of methoxy groups -OCH3 is 1. The number of rotatable bonds is 4. The lowest BCUT2D eigenvalue weighted by atomic mass is 10.0. The van der Waals surface area contributed by atoms with Crippen LogP contribution in [0.15, 0.2) is 0 Å². The van der Waals surface area contributed by atoms with E-state index in [-0.39, 0.29) is 17.2 Å². The predicted octanol–water partition coefficient (Wildman–Crippen LogP) is 0.833. The van der Waals surface area contributed by atoms with Crippen LogP contribution in [0.2, 0.25) is 0 Å². The van der Waals surface area contributed by atoms with Crippen LogP contribution in [0, 0.1) is 11.3 Å². The fourth-order valence-electron chi connectivity index (χ4n) is 2.93. The Hall–Kier alpha value is -1.79. The summed E-state index contributed by atoms with van der Waals surface area (Å²) in [5.41, 5.74) is -0.00842. The van der Waals surface area contributed by atoms with E-state index >= 15 is 0 Å². The zero-order valence-corrected chi connectivity index (χ0v) is 12.6. The Morgan fingerprint density at radius 2 is 1.95 bits per heavy atom. The summed E-state index contributed by atoms with van der Waals surface area (Å²) in [6.07, 6.45) is 1.76. The van der Waals surface area contributed by atoms with Gasteiger partial charge in [-0.05, 0) is 30.6 Å². The van der Waals surface area contributed by atoms with Gasteiger partial charge in [-0.25, -0.2) is 9.59 Å². The topological polar surface area (TPSA) is 95.9 Å². The third-order valence-electron chi connectivity index (χ3n) is 4.43. The molecule has 1 heterocycles. The molecule has 1 aliphatic carbocycles. The van der Waals surface area contributed by atoms with Crippen LogP contribution in [-0.2, 0) is 14.3 Å². The lowest BCUT2D eigenvalue weighted by molar-refractivity contribution is -0.149. The molecule has 2 rings (SSSR count). The lowest BCUT2D eigenvalue weighted by Gasteiger charge is -2.29. The van der Waals surface area contributed by atoms with Crippen LogP contribution in [-0.4, -0.2) is 53.7 Å². The highest BCUT2D eigenvalue weighted by Gasteiger charge is 2.56. The van der Waals surface area contributed by atoms with E-state index in [1.54, 1.807) is 13.8 Å². The maximum absolute atomic E-state index is 12.7. The number of carbonyl (C=O) groups excluding carboxylic acids is 2. The van der Waals surface area contributed by atoms with Gasteiger partial charge in [0.05, 0.1) is 7.11 Å². The van der Waals surface area contributed by atoms with E-state index < -0.39 is 24.1 Å². The van der Waals surface area contributed by atoms with Gasteiger partial charge in [-0.1, -0.05) is 13.8 Å². The molecule has 2 aliphatic rings. The number of alkyl carbamates (subject to hydrolysis) is 1. The van der Waals surface area contributed by atoms with Gasteiger partial charge in [0.2, 0.25) is 5.91 Å². The SMILES string of the molecule is COC(=O)NC(C(=O)N1CC2(CC2)CC1C(=O)O)C(C)C. The molecule has 1 spiro atoms. The van der Waals surface area contributed by atoms with E-state index in [1.807, 2.05) is 0 Å². The number of likely N-dealkylation sites (tertiary alicyclic amines) is 1. The first-order valence-electron chi connectivity index (χ1n) is 7.17. The summed E-state index contributed by atoms with van der Waals surface area (Å²) in [5.74, 6) is -1.47. The molecule has 0 aromatic carbocycles. The maximum Gasteiger partial charge on any atom is 0.407 e. The standard InChI is InChI=1S/C14H22N2O5/c1-8(2)10(15-13(20)21-3)11(17)16-7-14(4-5-14)6-9(16)12(18)19/h8-10H,4-7H2,1-3H3,(H,15,20)(H,18,19). The van der Waals surface area contributed by atoms with Crippen molar-refractivity contribution in [3.8, 4) is 0 Å². The van der Waals surface area contributed by atoms with Crippen LogP contribution in [0.3, 0.4) is 0 Å². The molecule has 2 fully saturated rings. The van der Waals surface area contributed by atoms with Crippen molar-refractivity contribution in [3.63, 3.8) is 0 Å². The van der Waals surface area contributed by atoms with Crippen LogP contribution in [0.25, 0.3) is 0 Å². The van der Waals surface area contributed by atoms with Gasteiger partial charge in [-0.3, -0.25) is 4.79 Å². The highest BCUT2D eigenvalue weighted by atomic mass is 16.5. The number of hydrogen-bond donors (Lipinski definition) is 2. The highest BCUT2D eigenvalue weighted by Crippen LogP contribution is 2.54. The average molecular weight is 298 g/mol. The second-order valence-corrected chi connectivity index (χ2v) is 6.38. The Morgan fingerprint density at radius 1 is 1.33 bits per heavy atom. The van der Waals surface area contributed by atoms with E-state index in [9.17, 15) is 19.5 Å². The molecule has 0 aromatic rings. The third kappa shape index (κ3) is 3.11. The Labute approximate surface area is 123 Å². The minimum absolute atomic E-state index is 0.00842. The van der Waals surface area contributed by atoms with Gasteiger partial charge in [0, 0.05) is 6.54 Å². The van der Waals surface area contributed by atoms with Crippen molar-refractivity contribution in [1.29, 1.82) is 0 Å². The van der Waals surface area contributed by atoms with Crippen LogP contribution in [0.5, 0.6) is 0 Å². The minimum atomic E-state index is -0.979. The number of carbonyl (C=O) groups is 3. The molecule has 2 amide bonds. The van der Waals surface area contributed by atoms with E-state index in [0.717, 1.165) is 12.8 Å². The zero-order valence-electron chi connectivity index (χ0n) is 12.6. The first-order chi connectivity index (χ1) is 9.79. The number of aliphatic carboxylic acids is 1. The summed E-state index contributed by atoms with van der Waals surface area (Å²) in [5, 5.41) is 11.8. The number of ether oxygens (including phenoxy) is 1. The maximum atomic E-state index is 12.7. The van der Waals surface area contributed by atoms with Crippen LogP contribution in [0.1, 0.15) is 33.1 Å². The van der Waals surface area contributed by atoms with Crippen LogP contribution in [0.4, 0.5) is 4.79 Å². The van der Waals surface area contributed by atoms with Crippen molar-refractivity contribution in [3.05, 3.63) is 0 Å². The van der Waals surface area contributed by atoms with E-state index in [1.165, 1.54) is 12.0 Å². The van der Waals surface area contributed by atoms with Crippen LogP contribution >= 0.6 is 0 Å². The number of carboxylic acids is 1. The zero-order chi connectivity index (χ0) is 15.8. The van der Waals surface area contributed by atoms with Gasteiger partial charge in [0.15, 0.2) is 0 Å². The largest absolute Gasteiger partial charge is 0.480 e. The Bertz CT molecular complexity index is 458. The number of hydrogen-bond acceptors (Lipinski definition) is 4. The second kappa shape index (κ2) is 5.54. The summed E-state index contributed by atoms with van der Waals surface area (Å²) in [6, 6.07) is -1.56. The average Bonchev–Trinajstić information content (AvgIpc) is 3.05. The van der Waals surface area contributed by atoms with Crippen molar-refractivity contribution in [2.24, 2.45) is 11.3 Å². The lowest BCUT2D eigenvalue weighted by Crippen LogP contribution is -2.53. The summed E-state index contributed by atoms with van der Waals surface area (Å²) in [7, 11) is 1.23. The molecule has 1 saturated heterocycles. The molecule has 0 aromatic heterocycles. The van der Waals surface area contributed by atoms with Crippen molar-refractivity contribution in [2.75, 3.05) is 13.7 Å². The molecule has 7 heteroatoms. The van der Waals surface area contributed by atoms with Crippen molar-refractivity contribution >= 4 is 18.0 Å². The van der Waals surface area contributed by atoms with Gasteiger partial charge in [-0.2, -0.15) is 0 Å². The number of amides is 2. The quantitative estimate of drug-likeness (QED) is 0.801. The summed E-state index contributed by atoms with van der Waals surface area (Å²) in [4.78, 5) is 36.9. The summed E-state index contributed by atoms with van der Waals surface area (Å²) >= 11 is 0. The molecule has 2 atom stereocenters. The summed E-state index contributed by atoms with van der Waals surface area (Å²) < 4.78 is 4.53. The minimum Gasteiger partial charge on any atom is -0.480 e. The van der Waals surface area contributed by atoms with E-state index in [2.05, 4.69) is 10.1 Å². The van der Waals surface area contributed by atoms with Gasteiger partial charge in [0.25, 0.3) is 0 Å². The number of carboxylic acid groups (broad SMARTS) is 1. The van der Waals surface area contributed by atoms with Gasteiger partial charge in [0.1, 0.15) is 12.1 Å². The van der Waals surface area contributed by atoms with Crippen molar-refractivity contribution in [1.82, 2.24) is 10.2 Å². The Morgan fingerprint density at radius 3 is 2.38 bits per heavy atom. The van der Waals surface area contributed by atoms with E-state index in [0.29, 0.717) is 13.0 Å². The van der Waals surface area contributed by atoms with Gasteiger partial charge < -0.3 is 20.1 Å². The van der Waals surface area contributed by atoms with Crippen molar-refractivity contribution in [2.45, 2.75) is 45.2 Å². The smallest absolute Gasteiger partial charge is 0.407 e. The second-order valence-electron chi connectivity index (χ2n) is 6.38. The molecular formula is C14H22N2O5. The number of nitrogens with zero attached hydrogens (tertiary/aromatic N) is 1. The number of nitrogens with one attached hydrogen (secondary N) is 1. The fourth-order valence-corrected chi connectivity index (χ4v) is 2.93. The van der Waals surface area contributed by atoms with Crippen molar-refractivity contribution < 1.29 is 24.2 Å². The molecule has 1 aliphatic heterocycles. The van der Waals surface area contributed by atoms with Crippen LogP contribution < -0.4 is 5.32 Å². The Balaban J connectivity index is 2.15. The molecule has 118 valence electrons. The molecule has 2 unspecified atom stereocenters. The molecule has 0 bridgehead atoms. The molecule has 2 N–H and O–H groups in total. The van der Waals surface area contributed by atoms with Gasteiger partial charge in [-0.15, -0.1) is 0 Å². The van der Waals surface area contributed by atoms with Gasteiger partial charge >= 0.3 is 12.1 Å². The molecular weight excluding hydrogens is 276 g/mol. The third-order valence-corrected chi connectivity index (χ3v) is 4.43. The Kier molecular flexibility index (Phi) is 4.11. The first-order valence-corrected chi connectivity index (χ1v) is 7.17.